The molecule has 4 heteroatoms. The van der Waals surface area contributed by atoms with Crippen LogP contribution in [0.15, 0.2) is 18.2 Å². The van der Waals surface area contributed by atoms with E-state index in [1.54, 1.807) is 17.7 Å². The molecule has 0 amide bonds. The quantitative estimate of drug-likeness (QED) is 0.865. The van der Waals surface area contributed by atoms with Crippen molar-refractivity contribution in [2.45, 2.75) is 20.4 Å². The van der Waals surface area contributed by atoms with Gasteiger partial charge in [0.05, 0.1) is 5.69 Å². The Kier molecular flexibility index (Phi) is 2.98. The van der Waals surface area contributed by atoms with E-state index >= 15 is 0 Å². The molecule has 1 aromatic carbocycles. The van der Waals surface area contributed by atoms with Gasteiger partial charge in [0.1, 0.15) is 5.82 Å². The molecule has 0 atom stereocenters. The molecule has 1 aromatic heterocycles. The summed E-state index contributed by atoms with van der Waals surface area (Å²) in [7, 11) is 1.88. The lowest BCUT2D eigenvalue weighted by Gasteiger charge is -2.05. The minimum absolute atomic E-state index is 0.190. The van der Waals surface area contributed by atoms with E-state index in [1.807, 2.05) is 20.0 Å². The molecule has 0 fully saturated rings. The summed E-state index contributed by atoms with van der Waals surface area (Å²) in [5.41, 5.74) is 10.2. The minimum atomic E-state index is -0.190. The van der Waals surface area contributed by atoms with Crippen LogP contribution in [0.4, 0.5) is 4.39 Å². The second kappa shape index (κ2) is 4.30. The first-order valence-corrected chi connectivity index (χ1v) is 5.53. The first-order valence-electron chi connectivity index (χ1n) is 5.53. The van der Waals surface area contributed by atoms with Crippen LogP contribution in [0.25, 0.3) is 11.1 Å². The molecule has 17 heavy (non-hydrogen) atoms. The van der Waals surface area contributed by atoms with E-state index < -0.39 is 0 Å². The Morgan fingerprint density at radius 3 is 2.65 bits per heavy atom. The lowest BCUT2D eigenvalue weighted by Crippen LogP contribution is -2.00. The molecule has 2 N–H and O–H groups in total. The van der Waals surface area contributed by atoms with Crippen molar-refractivity contribution in [1.29, 1.82) is 0 Å². The average Bonchev–Trinajstić information content (AvgIpc) is 2.59. The number of nitrogens with zero attached hydrogens (tertiary/aromatic N) is 2. The molecule has 90 valence electrons. The van der Waals surface area contributed by atoms with Crippen LogP contribution >= 0.6 is 0 Å². The highest BCUT2D eigenvalue weighted by molar-refractivity contribution is 5.69. The number of nitrogens with two attached hydrogens (primary N) is 1. The SMILES string of the molecule is Cc1cc(-c2c(CN)nn(C)c2C)ccc1F. The number of halogens is 1. The first-order chi connectivity index (χ1) is 8.04. The van der Waals surface area contributed by atoms with E-state index in [0.717, 1.165) is 22.5 Å². The van der Waals surface area contributed by atoms with Crippen molar-refractivity contribution in [1.82, 2.24) is 9.78 Å². The first kappa shape index (κ1) is 11.8. The second-order valence-electron chi connectivity index (χ2n) is 4.20. The molecule has 2 rings (SSSR count). The molecular formula is C13H16FN3. The van der Waals surface area contributed by atoms with Crippen molar-refractivity contribution in [3.8, 4) is 11.1 Å². The Morgan fingerprint density at radius 1 is 1.35 bits per heavy atom. The third-order valence-corrected chi connectivity index (χ3v) is 3.05. The number of hydrogen-bond donors (Lipinski definition) is 1. The third kappa shape index (κ3) is 1.96. The van der Waals surface area contributed by atoms with Gasteiger partial charge in [-0.1, -0.05) is 6.07 Å². The molecule has 0 aliphatic rings. The zero-order valence-electron chi connectivity index (χ0n) is 10.3. The monoisotopic (exact) mass is 233 g/mol. The van der Waals surface area contributed by atoms with Crippen LogP contribution in [0.2, 0.25) is 0 Å². The van der Waals surface area contributed by atoms with Crippen molar-refractivity contribution < 1.29 is 4.39 Å². The molecular weight excluding hydrogens is 217 g/mol. The molecule has 0 bridgehead atoms. The Morgan fingerprint density at radius 2 is 2.06 bits per heavy atom. The van der Waals surface area contributed by atoms with Gasteiger partial charge in [0.2, 0.25) is 0 Å². The predicted octanol–water partition coefficient (Wildman–Crippen LogP) is 2.30. The largest absolute Gasteiger partial charge is 0.325 e. The number of aromatic nitrogens is 2. The maximum absolute atomic E-state index is 13.3. The minimum Gasteiger partial charge on any atom is -0.325 e. The summed E-state index contributed by atoms with van der Waals surface area (Å²) >= 11 is 0. The average molecular weight is 233 g/mol. The molecule has 0 saturated carbocycles. The maximum atomic E-state index is 13.3. The predicted molar refractivity (Wildman–Crippen MR) is 66.0 cm³/mol. The van der Waals surface area contributed by atoms with Crippen LogP contribution in [-0.2, 0) is 13.6 Å². The van der Waals surface area contributed by atoms with Crippen LogP contribution < -0.4 is 5.73 Å². The maximum Gasteiger partial charge on any atom is 0.126 e. The molecule has 0 aliphatic heterocycles. The van der Waals surface area contributed by atoms with Crippen LogP contribution in [0.5, 0.6) is 0 Å². The topological polar surface area (TPSA) is 43.8 Å². The van der Waals surface area contributed by atoms with E-state index in [9.17, 15) is 4.39 Å². The van der Waals surface area contributed by atoms with Gasteiger partial charge in [0.15, 0.2) is 0 Å². The van der Waals surface area contributed by atoms with Gasteiger partial charge in [0, 0.05) is 24.8 Å². The highest BCUT2D eigenvalue weighted by atomic mass is 19.1. The summed E-state index contributed by atoms with van der Waals surface area (Å²) in [6, 6.07) is 5.08. The summed E-state index contributed by atoms with van der Waals surface area (Å²) in [6.45, 7) is 4.13. The van der Waals surface area contributed by atoms with Crippen molar-refractivity contribution in [3.05, 3.63) is 41.0 Å². The highest BCUT2D eigenvalue weighted by Crippen LogP contribution is 2.28. The van der Waals surface area contributed by atoms with E-state index in [1.165, 1.54) is 6.07 Å². The van der Waals surface area contributed by atoms with Gasteiger partial charge in [-0.3, -0.25) is 4.68 Å². The summed E-state index contributed by atoms with van der Waals surface area (Å²) < 4.78 is 15.1. The lowest BCUT2D eigenvalue weighted by atomic mass is 10.0. The zero-order valence-corrected chi connectivity index (χ0v) is 10.3. The molecule has 2 aromatic rings. The van der Waals surface area contributed by atoms with Crippen molar-refractivity contribution >= 4 is 0 Å². The van der Waals surface area contributed by atoms with Crippen LogP contribution in [-0.4, -0.2) is 9.78 Å². The number of hydrogen-bond acceptors (Lipinski definition) is 2. The van der Waals surface area contributed by atoms with Crippen LogP contribution in [0.3, 0.4) is 0 Å². The number of aryl methyl sites for hydroxylation is 2. The van der Waals surface area contributed by atoms with Crippen molar-refractivity contribution in [2.75, 3.05) is 0 Å². The van der Waals surface area contributed by atoms with Crippen LogP contribution in [0.1, 0.15) is 17.0 Å². The molecule has 3 nitrogen and oxygen atoms in total. The van der Waals surface area contributed by atoms with Crippen LogP contribution in [0, 0.1) is 19.7 Å². The summed E-state index contributed by atoms with van der Waals surface area (Å²) in [6.07, 6.45) is 0. The Bertz CT molecular complexity index is 558. The van der Waals surface area contributed by atoms with E-state index in [0.29, 0.717) is 12.1 Å². The molecule has 0 aliphatic carbocycles. The van der Waals surface area contributed by atoms with Gasteiger partial charge >= 0.3 is 0 Å². The summed E-state index contributed by atoms with van der Waals surface area (Å²) in [5.74, 6) is -0.190. The zero-order chi connectivity index (χ0) is 12.6. The van der Waals surface area contributed by atoms with Gasteiger partial charge in [0.25, 0.3) is 0 Å². The van der Waals surface area contributed by atoms with E-state index in [2.05, 4.69) is 5.10 Å². The normalized spacial score (nSPS) is 10.9. The Balaban J connectivity index is 2.63. The second-order valence-corrected chi connectivity index (χ2v) is 4.20. The molecule has 0 radical (unpaired) electrons. The standard InChI is InChI=1S/C13H16FN3/c1-8-6-10(4-5-11(8)14)13-9(2)17(3)16-12(13)7-15/h4-6H,7,15H2,1-3H3. The van der Waals surface area contributed by atoms with Crippen molar-refractivity contribution in [2.24, 2.45) is 12.8 Å². The van der Waals surface area contributed by atoms with Gasteiger partial charge in [-0.25, -0.2) is 4.39 Å². The van der Waals surface area contributed by atoms with Crippen molar-refractivity contribution in [3.63, 3.8) is 0 Å². The third-order valence-electron chi connectivity index (χ3n) is 3.05. The van der Waals surface area contributed by atoms with Gasteiger partial charge in [-0.05, 0) is 37.1 Å². The Hall–Kier alpha value is -1.68. The van der Waals surface area contributed by atoms with E-state index in [4.69, 9.17) is 5.73 Å². The molecule has 0 unspecified atom stereocenters. The van der Waals surface area contributed by atoms with Gasteiger partial charge < -0.3 is 5.73 Å². The Labute approximate surface area is 100 Å². The molecule has 0 spiro atoms. The number of rotatable bonds is 2. The number of benzene rings is 1. The molecule has 0 saturated heterocycles. The smallest absolute Gasteiger partial charge is 0.126 e. The van der Waals surface area contributed by atoms with E-state index in [-0.39, 0.29) is 5.82 Å². The fourth-order valence-electron chi connectivity index (χ4n) is 2.00. The summed E-state index contributed by atoms with van der Waals surface area (Å²) in [5, 5.41) is 4.36. The van der Waals surface area contributed by atoms with Gasteiger partial charge in [-0.15, -0.1) is 0 Å². The summed E-state index contributed by atoms with van der Waals surface area (Å²) in [4.78, 5) is 0. The lowest BCUT2D eigenvalue weighted by molar-refractivity contribution is 0.619. The fourth-order valence-corrected chi connectivity index (χ4v) is 2.00. The highest BCUT2D eigenvalue weighted by Gasteiger charge is 2.14. The molecule has 1 heterocycles. The fraction of sp³-hybridized carbons (Fsp3) is 0.308. The van der Waals surface area contributed by atoms with Gasteiger partial charge in [-0.2, -0.15) is 5.10 Å².